The molecule has 1 heterocycles. The van der Waals surface area contributed by atoms with Crippen LogP contribution in [0.15, 0.2) is 36.4 Å². The van der Waals surface area contributed by atoms with Gasteiger partial charge >= 0.3 is 0 Å². The second kappa shape index (κ2) is 3.90. The molecular formula is C14H9ClNO. The van der Waals surface area contributed by atoms with Gasteiger partial charge in [-0.3, -0.25) is 0 Å². The molecule has 2 aromatic carbocycles. The van der Waals surface area contributed by atoms with Gasteiger partial charge in [-0.05, 0) is 30.3 Å². The van der Waals surface area contributed by atoms with Gasteiger partial charge in [-0.2, -0.15) is 0 Å². The summed E-state index contributed by atoms with van der Waals surface area (Å²) in [7, 11) is 1.63. The molecular weight excluding hydrogens is 234 g/mol. The lowest BCUT2D eigenvalue weighted by Gasteiger charge is -2.04. The third-order valence-electron chi connectivity index (χ3n) is 2.68. The van der Waals surface area contributed by atoms with E-state index in [0.29, 0.717) is 10.8 Å². The number of fused-ring (bicyclic) bond motifs is 2. The molecule has 3 rings (SSSR count). The van der Waals surface area contributed by atoms with E-state index in [1.807, 2.05) is 36.4 Å². The highest BCUT2D eigenvalue weighted by atomic mass is 35.5. The summed E-state index contributed by atoms with van der Waals surface area (Å²) in [5.74, 6) is 0.715. The number of halogens is 1. The molecule has 3 aromatic rings. The van der Waals surface area contributed by atoms with Gasteiger partial charge in [0.2, 0.25) is 0 Å². The molecule has 0 aliphatic carbocycles. The Hall–Kier alpha value is -1.80. The number of hydrogen-bond donors (Lipinski definition) is 0. The van der Waals surface area contributed by atoms with Crippen molar-refractivity contribution in [3.63, 3.8) is 0 Å². The number of methoxy groups -OCH3 is 1. The molecule has 17 heavy (non-hydrogen) atoms. The van der Waals surface area contributed by atoms with Crippen LogP contribution in [0.5, 0.6) is 5.75 Å². The molecule has 83 valence electrons. The van der Waals surface area contributed by atoms with E-state index in [0.717, 1.165) is 21.8 Å². The van der Waals surface area contributed by atoms with Crippen LogP contribution >= 0.6 is 11.6 Å². The van der Waals surface area contributed by atoms with Gasteiger partial charge in [-0.15, -0.1) is 0 Å². The number of pyridine rings is 1. The molecule has 0 saturated heterocycles. The molecule has 0 saturated carbocycles. The number of benzene rings is 2. The van der Waals surface area contributed by atoms with E-state index >= 15 is 0 Å². The van der Waals surface area contributed by atoms with Gasteiger partial charge in [0.1, 0.15) is 5.75 Å². The first-order valence-corrected chi connectivity index (χ1v) is 5.60. The highest BCUT2D eigenvalue weighted by molar-refractivity contribution is 6.31. The van der Waals surface area contributed by atoms with Crippen LogP contribution in [0.1, 0.15) is 0 Å². The zero-order chi connectivity index (χ0) is 11.8. The summed E-state index contributed by atoms with van der Waals surface area (Å²) in [4.78, 5) is 4.54. The monoisotopic (exact) mass is 242 g/mol. The van der Waals surface area contributed by atoms with Crippen LogP contribution in [-0.2, 0) is 0 Å². The van der Waals surface area contributed by atoms with Crippen LogP contribution in [0, 0.1) is 6.07 Å². The Morgan fingerprint density at radius 2 is 2.00 bits per heavy atom. The van der Waals surface area contributed by atoms with Gasteiger partial charge in [-0.25, -0.2) is 4.98 Å². The third-order valence-corrected chi connectivity index (χ3v) is 2.91. The van der Waals surface area contributed by atoms with Crippen LogP contribution < -0.4 is 4.74 Å². The molecule has 0 aliphatic rings. The Morgan fingerprint density at radius 1 is 1.12 bits per heavy atom. The molecule has 1 radical (unpaired) electrons. The van der Waals surface area contributed by atoms with Gasteiger partial charge in [0.05, 0.1) is 18.1 Å². The molecule has 1 aromatic heterocycles. The van der Waals surface area contributed by atoms with Crippen molar-refractivity contribution in [3.8, 4) is 5.75 Å². The van der Waals surface area contributed by atoms with E-state index in [1.54, 1.807) is 7.11 Å². The molecule has 0 amide bonds. The molecule has 0 unspecified atom stereocenters. The second-order valence-electron chi connectivity index (χ2n) is 3.78. The van der Waals surface area contributed by atoms with Crippen LogP contribution in [-0.4, -0.2) is 12.1 Å². The Kier molecular flexibility index (Phi) is 2.37. The molecule has 0 N–H and O–H groups in total. The Bertz CT molecular complexity index is 709. The van der Waals surface area contributed by atoms with Crippen LogP contribution in [0.3, 0.4) is 0 Å². The van der Waals surface area contributed by atoms with Crippen LogP contribution in [0.4, 0.5) is 0 Å². The number of hydrogen-bond acceptors (Lipinski definition) is 2. The minimum Gasteiger partial charge on any atom is -0.496 e. The predicted octanol–water partition coefficient (Wildman–Crippen LogP) is 3.85. The lowest BCUT2D eigenvalue weighted by molar-refractivity contribution is 0.414. The van der Waals surface area contributed by atoms with Crippen molar-refractivity contribution in [2.45, 2.75) is 0 Å². The fraction of sp³-hybridized carbons (Fsp3) is 0.0714. The fourth-order valence-electron chi connectivity index (χ4n) is 1.83. The van der Waals surface area contributed by atoms with Crippen molar-refractivity contribution in [3.05, 3.63) is 47.5 Å². The summed E-state index contributed by atoms with van der Waals surface area (Å²) in [6.07, 6.45) is 0. The largest absolute Gasteiger partial charge is 0.496 e. The van der Waals surface area contributed by atoms with E-state index in [1.165, 1.54) is 0 Å². The minimum absolute atomic E-state index is 0.696. The van der Waals surface area contributed by atoms with Gasteiger partial charge in [0, 0.05) is 21.9 Å². The molecule has 3 heteroatoms. The van der Waals surface area contributed by atoms with E-state index in [2.05, 4.69) is 11.1 Å². The van der Waals surface area contributed by atoms with Crippen molar-refractivity contribution in [1.82, 2.24) is 4.98 Å². The normalized spacial score (nSPS) is 10.9. The van der Waals surface area contributed by atoms with E-state index < -0.39 is 0 Å². The van der Waals surface area contributed by atoms with Crippen molar-refractivity contribution in [2.75, 3.05) is 7.11 Å². The molecule has 0 spiro atoms. The highest BCUT2D eigenvalue weighted by Gasteiger charge is 2.02. The van der Waals surface area contributed by atoms with Gasteiger partial charge in [0.15, 0.2) is 0 Å². The van der Waals surface area contributed by atoms with E-state index in [-0.39, 0.29) is 0 Å². The first-order valence-electron chi connectivity index (χ1n) is 5.22. The minimum atomic E-state index is 0.696. The smallest absolute Gasteiger partial charge is 0.127 e. The summed E-state index contributed by atoms with van der Waals surface area (Å²) in [5, 5.41) is 2.69. The number of rotatable bonds is 1. The van der Waals surface area contributed by atoms with Crippen molar-refractivity contribution >= 4 is 33.4 Å². The van der Waals surface area contributed by atoms with Crippen molar-refractivity contribution in [1.29, 1.82) is 0 Å². The predicted molar refractivity (Wildman–Crippen MR) is 69.6 cm³/mol. The van der Waals surface area contributed by atoms with Crippen LogP contribution in [0.2, 0.25) is 5.02 Å². The highest BCUT2D eigenvalue weighted by Crippen LogP contribution is 2.24. The van der Waals surface area contributed by atoms with Gasteiger partial charge < -0.3 is 4.74 Å². The van der Waals surface area contributed by atoms with Gasteiger partial charge in [-0.1, -0.05) is 17.7 Å². The van der Waals surface area contributed by atoms with Crippen molar-refractivity contribution in [2.24, 2.45) is 0 Å². The second-order valence-corrected chi connectivity index (χ2v) is 4.22. The Labute approximate surface area is 104 Å². The fourth-order valence-corrected chi connectivity index (χ4v) is 2.00. The summed E-state index contributed by atoms with van der Waals surface area (Å²) in [5.41, 5.74) is 1.78. The lowest BCUT2D eigenvalue weighted by Crippen LogP contribution is -1.86. The molecule has 0 bridgehead atoms. The summed E-state index contributed by atoms with van der Waals surface area (Å²) >= 11 is 5.95. The standard InChI is InChI=1S/C14H9ClNO/c1-17-12-4-5-13-10(7-12)6-9-2-3-11(15)8-14(9)16-13/h2-6,8H,1H3. The summed E-state index contributed by atoms with van der Waals surface area (Å²) in [6.45, 7) is 0. The third kappa shape index (κ3) is 1.81. The van der Waals surface area contributed by atoms with E-state index in [9.17, 15) is 0 Å². The first kappa shape index (κ1) is 10.4. The zero-order valence-corrected chi connectivity index (χ0v) is 9.95. The molecule has 0 atom stereocenters. The quantitative estimate of drug-likeness (QED) is 0.605. The number of ether oxygens (including phenoxy) is 1. The Morgan fingerprint density at radius 3 is 2.82 bits per heavy atom. The maximum atomic E-state index is 5.95. The summed E-state index contributed by atoms with van der Waals surface area (Å²) in [6, 6.07) is 14.7. The lowest BCUT2D eigenvalue weighted by atomic mass is 10.1. The maximum absolute atomic E-state index is 5.95. The molecule has 0 fully saturated rings. The molecule has 2 nitrogen and oxygen atoms in total. The zero-order valence-electron chi connectivity index (χ0n) is 9.20. The van der Waals surface area contributed by atoms with Gasteiger partial charge in [0.25, 0.3) is 0 Å². The number of aromatic nitrogens is 1. The first-order chi connectivity index (χ1) is 8.26. The summed E-state index contributed by atoms with van der Waals surface area (Å²) < 4.78 is 5.15. The topological polar surface area (TPSA) is 22.1 Å². The Balaban J connectivity index is 2.35. The van der Waals surface area contributed by atoms with E-state index in [4.69, 9.17) is 16.3 Å². The maximum Gasteiger partial charge on any atom is 0.127 e. The average molecular weight is 243 g/mol. The van der Waals surface area contributed by atoms with Crippen molar-refractivity contribution < 1.29 is 4.74 Å². The van der Waals surface area contributed by atoms with Crippen LogP contribution in [0.25, 0.3) is 21.8 Å². The number of nitrogens with zero attached hydrogens (tertiary/aromatic N) is 1. The average Bonchev–Trinajstić information content (AvgIpc) is 2.35. The SMILES string of the molecule is COc1[c]c2cc3ccc(Cl)cc3nc2cc1. The molecule has 0 aliphatic heterocycles.